The molecule has 6 nitrogen and oxygen atoms in total. The maximum atomic E-state index is 11.7. The molecule has 0 spiro atoms. The van der Waals surface area contributed by atoms with Gasteiger partial charge in [-0.1, -0.05) is 30.3 Å². The van der Waals surface area contributed by atoms with E-state index in [1.54, 1.807) is 18.2 Å². The molecule has 0 bridgehead atoms. The fraction of sp³-hybridized carbons (Fsp3) is 0.167. The molecule has 0 aliphatic rings. The van der Waals surface area contributed by atoms with Gasteiger partial charge in [-0.2, -0.15) is 5.10 Å². The van der Waals surface area contributed by atoms with Gasteiger partial charge in [-0.3, -0.25) is 4.79 Å². The largest absolute Gasteiger partial charge is 0.545 e. The highest BCUT2D eigenvalue weighted by Crippen LogP contribution is 2.16. The van der Waals surface area contributed by atoms with Crippen LogP contribution in [0.3, 0.4) is 0 Å². The van der Waals surface area contributed by atoms with E-state index in [0.717, 1.165) is 11.1 Å². The Morgan fingerprint density at radius 1 is 1.12 bits per heavy atom. The van der Waals surface area contributed by atoms with Gasteiger partial charge in [-0.15, -0.1) is 0 Å². The normalized spacial score (nSPS) is 10.6. The molecular weight excluding hydrogens is 308 g/mol. The molecule has 2 rings (SSSR count). The highest BCUT2D eigenvalue weighted by molar-refractivity contribution is 5.88. The molecule has 6 heteroatoms. The standard InChI is InChI=1S/C18H18N2O4/c1-12-3-8-16(9-13(12)2)24-11-17(21)20-19-10-14-4-6-15(7-5-14)18(22)23/h3-10H,11H2,1-2H3,(H,20,21)(H,22,23)/p-1/b19-10-. The van der Waals surface area contributed by atoms with Gasteiger partial charge in [0.2, 0.25) is 0 Å². The minimum Gasteiger partial charge on any atom is -0.545 e. The topological polar surface area (TPSA) is 90.8 Å². The second-order valence-electron chi connectivity index (χ2n) is 5.24. The fourth-order valence-corrected chi connectivity index (χ4v) is 1.87. The van der Waals surface area contributed by atoms with Crippen LogP contribution in [0.2, 0.25) is 0 Å². The number of ether oxygens (including phenoxy) is 1. The Bertz CT molecular complexity index is 767. The predicted molar refractivity (Wildman–Crippen MR) is 87.9 cm³/mol. The van der Waals surface area contributed by atoms with Crippen molar-refractivity contribution in [3.05, 3.63) is 64.7 Å². The Labute approximate surface area is 139 Å². The van der Waals surface area contributed by atoms with Crippen LogP contribution in [0.25, 0.3) is 0 Å². The first-order valence-corrected chi connectivity index (χ1v) is 7.29. The Balaban J connectivity index is 1.81. The van der Waals surface area contributed by atoms with E-state index in [1.807, 2.05) is 26.0 Å². The Kier molecular flexibility index (Phi) is 5.68. The molecule has 124 valence electrons. The third-order valence-electron chi connectivity index (χ3n) is 3.40. The summed E-state index contributed by atoms with van der Waals surface area (Å²) in [6.07, 6.45) is 1.41. The van der Waals surface area contributed by atoms with Gasteiger partial charge in [0.05, 0.1) is 12.2 Å². The van der Waals surface area contributed by atoms with Crippen LogP contribution in [0.5, 0.6) is 5.75 Å². The van der Waals surface area contributed by atoms with Crippen molar-refractivity contribution in [3.63, 3.8) is 0 Å². The Morgan fingerprint density at radius 2 is 1.83 bits per heavy atom. The highest BCUT2D eigenvalue weighted by atomic mass is 16.5. The molecule has 0 heterocycles. The van der Waals surface area contributed by atoms with E-state index in [0.29, 0.717) is 11.3 Å². The summed E-state index contributed by atoms with van der Waals surface area (Å²) < 4.78 is 5.39. The first-order valence-electron chi connectivity index (χ1n) is 7.29. The van der Waals surface area contributed by atoms with Gasteiger partial charge < -0.3 is 14.6 Å². The molecule has 1 amide bonds. The number of hydrazone groups is 1. The van der Waals surface area contributed by atoms with Crippen molar-refractivity contribution in [1.82, 2.24) is 5.43 Å². The molecule has 0 fully saturated rings. The smallest absolute Gasteiger partial charge is 0.277 e. The van der Waals surface area contributed by atoms with E-state index >= 15 is 0 Å². The molecule has 0 radical (unpaired) electrons. The molecule has 24 heavy (non-hydrogen) atoms. The molecule has 0 saturated heterocycles. The van der Waals surface area contributed by atoms with Gasteiger partial charge in [0.1, 0.15) is 5.75 Å². The van der Waals surface area contributed by atoms with Crippen molar-refractivity contribution >= 4 is 18.1 Å². The number of nitrogens with one attached hydrogen (secondary N) is 1. The van der Waals surface area contributed by atoms with Crippen molar-refractivity contribution in [2.45, 2.75) is 13.8 Å². The molecule has 2 aromatic rings. The predicted octanol–water partition coefficient (Wildman–Crippen LogP) is 1.20. The van der Waals surface area contributed by atoms with E-state index in [2.05, 4.69) is 10.5 Å². The zero-order chi connectivity index (χ0) is 17.5. The maximum Gasteiger partial charge on any atom is 0.277 e. The minimum absolute atomic E-state index is 0.0815. The molecule has 0 aliphatic carbocycles. The second kappa shape index (κ2) is 7.92. The van der Waals surface area contributed by atoms with Gasteiger partial charge >= 0.3 is 0 Å². The molecular formula is C18H17N2O4-. The summed E-state index contributed by atoms with van der Waals surface area (Å²) in [7, 11) is 0. The summed E-state index contributed by atoms with van der Waals surface area (Å²) in [5, 5.41) is 14.4. The number of carboxylic acid groups (broad SMARTS) is 1. The average Bonchev–Trinajstić information content (AvgIpc) is 2.56. The van der Waals surface area contributed by atoms with Crippen molar-refractivity contribution in [1.29, 1.82) is 0 Å². The van der Waals surface area contributed by atoms with Crippen LogP contribution in [0.15, 0.2) is 47.6 Å². The number of amides is 1. The summed E-state index contributed by atoms with van der Waals surface area (Å²) in [6, 6.07) is 11.5. The maximum absolute atomic E-state index is 11.7. The molecule has 0 saturated carbocycles. The van der Waals surface area contributed by atoms with E-state index in [9.17, 15) is 14.7 Å². The van der Waals surface area contributed by atoms with Crippen LogP contribution in [0.1, 0.15) is 27.0 Å². The number of nitrogens with zero attached hydrogens (tertiary/aromatic N) is 1. The summed E-state index contributed by atoms with van der Waals surface area (Å²) >= 11 is 0. The third kappa shape index (κ3) is 4.95. The Morgan fingerprint density at radius 3 is 2.46 bits per heavy atom. The van der Waals surface area contributed by atoms with Gasteiger partial charge in [0.25, 0.3) is 5.91 Å². The monoisotopic (exact) mass is 325 g/mol. The summed E-state index contributed by atoms with van der Waals surface area (Å²) in [5.74, 6) is -1.01. The molecule has 0 atom stereocenters. The zero-order valence-corrected chi connectivity index (χ0v) is 13.4. The van der Waals surface area contributed by atoms with Crippen LogP contribution in [-0.4, -0.2) is 24.7 Å². The number of benzene rings is 2. The van der Waals surface area contributed by atoms with Gasteiger partial charge in [0, 0.05) is 0 Å². The lowest BCUT2D eigenvalue weighted by atomic mass is 10.1. The first kappa shape index (κ1) is 17.2. The number of rotatable bonds is 6. The van der Waals surface area contributed by atoms with Crippen molar-refractivity contribution in [2.75, 3.05) is 6.61 Å². The summed E-state index contributed by atoms with van der Waals surface area (Å²) in [5.41, 5.74) is 5.31. The lowest BCUT2D eigenvalue weighted by Crippen LogP contribution is -2.24. The zero-order valence-electron chi connectivity index (χ0n) is 13.4. The lowest BCUT2D eigenvalue weighted by molar-refractivity contribution is -0.255. The van der Waals surface area contributed by atoms with Crippen molar-refractivity contribution < 1.29 is 19.4 Å². The quantitative estimate of drug-likeness (QED) is 0.638. The number of hydrogen-bond donors (Lipinski definition) is 1. The van der Waals surface area contributed by atoms with Crippen molar-refractivity contribution in [2.24, 2.45) is 5.10 Å². The number of carbonyl (C=O) groups is 2. The van der Waals surface area contributed by atoms with Crippen molar-refractivity contribution in [3.8, 4) is 5.75 Å². The number of carbonyl (C=O) groups excluding carboxylic acids is 2. The van der Waals surface area contributed by atoms with Crippen LogP contribution in [0.4, 0.5) is 0 Å². The molecule has 1 N–H and O–H groups in total. The molecule has 0 unspecified atom stereocenters. The van der Waals surface area contributed by atoms with E-state index in [4.69, 9.17) is 4.74 Å². The summed E-state index contributed by atoms with van der Waals surface area (Å²) in [6.45, 7) is 3.82. The summed E-state index contributed by atoms with van der Waals surface area (Å²) in [4.78, 5) is 22.3. The number of hydrogen-bond acceptors (Lipinski definition) is 5. The second-order valence-corrected chi connectivity index (χ2v) is 5.24. The lowest BCUT2D eigenvalue weighted by Gasteiger charge is -2.07. The number of aromatic carboxylic acids is 1. The van der Waals surface area contributed by atoms with E-state index < -0.39 is 11.9 Å². The molecule has 2 aromatic carbocycles. The highest BCUT2D eigenvalue weighted by Gasteiger charge is 2.02. The van der Waals surface area contributed by atoms with Crippen LogP contribution in [0, 0.1) is 13.8 Å². The van der Waals surface area contributed by atoms with Gasteiger partial charge in [-0.05, 0) is 48.2 Å². The fourth-order valence-electron chi connectivity index (χ4n) is 1.87. The molecule has 0 aliphatic heterocycles. The van der Waals surface area contributed by atoms with E-state index in [1.165, 1.54) is 18.3 Å². The van der Waals surface area contributed by atoms with Gasteiger partial charge in [0.15, 0.2) is 6.61 Å². The molecule has 0 aromatic heterocycles. The third-order valence-corrected chi connectivity index (χ3v) is 3.40. The van der Waals surface area contributed by atoms with Gasteiger partial charge in [-0.25, -0.2) is 5.43 Å². The average molecular weight is 325 g/mol. The number of aryl methyl sites for hydroxylation is 2. The van der Waals surface area contributed by atoms with Crippen LogP contribution >= 0.6 is 0 Å². The minimum atomic E-state index is -1.24. The SMILES string of the molecule is Cc1ccc(OCC(=O)N/N=C\c2ccc(C(=O)[O-])cc2)cc1C. The first-order chi connectivity index (χ1) is 11.5. The van der Waals surface area contributed by atoms with Crippen LogP contribution in [-0.2, 0) is 4.79 Å². The Hall–Kier alpha value is -3.15. The number of carboxylic acids is 1. The van der Waals surface area contributed by atoms with E-state index in [-0.39, 0.29) is 12.2 Å². The van der Waals surface area contributed by atoms with Crippen LogP contribution < -0.4 is 15.3 Å².